The standard InChI is InChI=1S/C22H26FN3O4S/c23-18-6-8-19(9-7-18)31(29,30)15-11-21(27)26-14-13-25(16-20(26)22(24)28)12-10-17-4-2-1-3-5-17/h1-9,20H,10-16H2,(H2,24,28)/t20-/m1/s1. The molecule has 1 atom stereocenters. The summed E-state index contributed by atoms with van der Waals surface area (Å²) in [6, 6.07) is 13.6. The Balaban J connectivity index is 1.57. The third-order valence-corrected chi connectivity index (χ3v) is 7.16. The summed E-state index contributed by atoms with van der Waals surface area (Å²) in [6.07, 6.45) is 0.545. The number of sulfone groups is 1. The molecule has 0 saturated carbocycles. The van der Waals surface area contributed by atoms with E-state index < -0.39 is 39.3 Å². The summed E-state index contributed by atoms with van der Waals surface area (Å²) in [5.41, 5.74) is 6.72. The molecule has 0 aliphatic carbocycles. The maximum Gasteiger partial charge on any atom is 0.241 e. The highest BCUT2D eigenvalue weighted by atomic mass is 32.2. The Morgan fingerprint density at radius 2 is 1.71 bits per heavy atom. The van der Waals surface area contributed by atoms with Crippen molar-refractivity contribution in [3.63, 3.8) is 0 Å². The van der Waals surface area contributed by atoms with Gasteiger partial charge in [-0.15, -0.1) is 0 Å². The van der Waals surface area contributed by atoms with Gasteiger partial charge in [-0.25, -0.2) is 12.8 Å². The SMILES string of the molecule is NC(=O)[C@H]1CN(CCc2ccccc2)CCN1C(=O)CCS(=O)(=O)c1ccc(F)cc1. The van der Waals surface area contributed by atoms with Crippen molar-refractivity contribution in [3.05, 3.63) is 66.0 Å². The molecule has 0 radical (unpaired) electrons. The van der Waals surface area contributed by atoms with Crippen LogP contribution in [0, 0.1) is 5.82 Å². The summed E-state index contributed by atoms with van der Waals surface area (Å²) < 4.78 is 37.9. The maximum atomic E-state index is 13.0. The second kappa shape index (κ2) is 10.0. The zero-order valence-electron chi connectivity index (χ0n) is 17.1. The molecule has 0 unspecified atom stereocenters. The van der Waals surface area contributed by atoms with Crippen LogP contribution >= 0.6 is 0 Å². The number of hydrogen-bond acceptors (Lipinski definition) is 5. The van der Waals surface area contributed by atoms with E-state index in [4.69, 9.17) is 5.73 Å². The zero-order valence-corrected chi connectivity index (χ0v) is 17.9. The van der Waals surface area contributed by atoms with Gasteiger partial charge in [0.05, 0.1) is 10.6 Å². The third kappa shape index (κ3) is 6.11. The number of primary amides is 1. The van der Waals surface area contributed by atoms with E-state index in [9.17, 15) is 22.4 Å². The number of nitrogens with two attached hydrogens (primary N) is 1. The zero-order chi connectivity index (χ0) is 22.4. The van der Waals surface area contributed by atoms with Gasteiger partial charge >= 0.3 is 0 Å². The Hall–Kier alpha value is -2.78. The fraction of sp³-hybridized carbons (Fsp3) is 0.364. The van der Waals surface area contributed by atoms with Crippen LogP contribution in [0.2, 0.25) is 0 Å². The number of carbonyl (C=O) groups is 2. The Labute approximate surface area is 181 Å². The number of piperazine rings is 1. The first kappa shape index (κ1) is 22.9. The number of benzene rings is 2. The second-order valence-corrected chi connectivity index (χ2v) is 9.67. The molecule has 2 N–H and O–H groups in total. The molecule has 166 valence electrons. The quantitative estimate of drug-likeness (QED) is 0.614. The molecule has 1 fully saturated rings. The lowest BCUT2D eigenvalue weighted by atomic mass is 10.1. The van der Waals surface area contributed by atoms with Crippen molar-refractivity contribution in [2.24, 2.45) is 5.73 Å². The topological polar surface area (TPSA) is 101 Å². The highest BCUT2D eigenvalue weighted by molar-refractivity contribution is 7.91. The van der Waals surface area contributed by atoms with Crippen LogP contribution in [-0.4, -0.2) is 68.0 Å². The van der Waals surface area contributed by atoms with Gasteiger partial charge in [0.25, 0.3) is 0 Å². The fourth-order valence-corrected chi connectivity index (χ4v) is 4.87. The van der Waals surface area contributed by atoms with Crippen LogP contribution in [-0.2, 0) is 25.8 Å². The fourth-order valence-electron chi connectivity index (χ4n) is 3.64. The van der Waals surface area contributed by atoms with Crippen molar-refractivity contribution in [2.45, 2.75) is 23.8 Å². The Bertz CT molecular complexity index is 1010. The molecule has 2 amide bonds. The van der Waals surface area contributed by atoms with Gasteiger partial charge < -0.3 is 10.6 Å². The van der Waals surface area contributed by atoms with Gasteiger partial charge in [0.15, 0.2) is 9.84 Å². The Morgan fingerprint density at radius 3 is 2.35 bits per heavy atom. The van der Waals surface area contributed by atoms with Gasteiger partial charge in [-0.05, 0) is 36.2 Å². The van der Waals surface area contributed by atoms with Crippen LogP contribution in [0.15, 0.2) is 59.5 Å². The van der Waals surface area contributed by atoms with E-state index in [1.54, 1.807) is 0 Å². The molecule has 1 saturated heterocycles. The monoisotopic (exact) mass is 447 g/mol. The molecular formula is C22H26FN3O4S. The van der Waals surface area contributed by atoms with Gasteiger partial charge in [-0.3, -0.25) is 14.5 Å². The molecule has 2 aromatic rings. The van der Waals surface area contributed by atoms with E-state index in [2.05, 4.69) is 4.90 Å². The van der Waals surface area contributed by atoms with Crippen LogP contribution in [0.1, 0.15) is 12.0 Å². The smallest absolute Gasteiger partial charge is 0.241 e. The van der Waals surface area contributed by atoms with Crippen LogP contribution in [0.3, 0.4) is 0 Å². The Morgan fingerprint density at radius 1 is 1.03 bits per heavy atom. The Kier molecular flexibility index (Phi) is 7.40. The lowest BCUT2D eigenvalue weighted by Gasteiger charge is -2.40. The number of halogens is 1. The minimum absolute atomic E-state index is 0.0427. The average Bonchev–Trinajstić information content (AvgIpc) is 2.77. The van der Waals surface area contributed by atoms with Crippen LogP contribution in [0.4, 0.5) is 4.39 Å². The summed E-state index contributed by atoms with van der Waals surface area (Å²) >= 11 is 0. The van der Waals surface area contributed by atoms with Gasteiger partial charge in [0.2, 0.25) is 11.8 Å². The highest BCUT2D eigenvalue weighted by Crippen LogP contribution is 2.16. The summed E-state index contributed by atoms with van der Waals surface area (Å²) in [6.45, 7) is 1.93. The van der Waals surface area contributed by atoms with Crippen molar-refractivity contribution >= 4 is 21.7 Å². The van der Waals surface area contributed by atoms with Gasteiger partial charge in [0, 0.05) is 32.6 Å². The first-order chi connectivity index (χ1) is 14.8. The molecule has 1 heterocycles. The van der Waals surface area contributed by atoms with Crippen LogP contribution in [0.5, 0.6) is 0 Å². The van der Waals surface area contributed by atoms with E-state index in [0.29, 0.717) is 19.6 Å². The largest absolute Gasteiger partial charge is 0.368 e. The molecule has 7 nitrogen and oxygen atoms in total. The summed E-state index contributed by atoms with van der Waals surface area (Å²) in [4.78, 5) is 28.1. The van der Waals surface area contributed by atoms with E-state index in [-0.39, 0.29) is 11.3 Å². The number of nitrogens with zero attached hydrogens (tertiary/aromatic N) is 2. The third-order valence-electron chi connectivity index (χ3n) is 5.43. The molecule has 2 aromatic carbocycles. The molecule has 9 heteroatoms. The summed E-state index contributed by atoms with van der Waals surface area (Å²) in [5.74, 6) is -2.00. The molecule has 1 aliphatic rings. The van der Waals surface area contributed by atoms with Crippen molar-refractivity contribution in [3.8, 4) is 0 Å². The first-order valence-electron chi connectivity index (χ1n) is 10.1. The van der Waals surface area contributed by atoms with Crippen LogP contribution < -0.4 is 5.73 Å². The van der Waals surface area contributed by atoms with Crippen molar-refractivity contribution in [1.82, 2.24) is 9.80 Å². The maximum absolute atomic E-state index is 13.0. The van der Waals surface area contributed by atoms with Crippen molar-refractivity contribution in [2.75, 3.05) is 31.9 Å². The van der Waals surface area contributed by atoms with E-state index in [0.717, 1.165) is 25.1 Å². The molecule has 3 rings (SSSR count). The van der Waals surface area contributed by atoms with Crippen molar-refractivity contribution < 1.29 is 22.4 Å². The van der Waals surface area contributed by atoms with E-state index >= 15 is 0 Å². The molecule has 31 heavy (non-hydrogen) atoms. The number of carbonyl (C=O) groups excluding carboxylic acids is 2. The van der Waals surface area contributed by atoms with Gasteiger partial charge in [0.1, 0.15) is 11.9 Å². The van der Waals surface area contributed by atoms with E-state index in [1.807, 2.05) is 30.3 Å². The minimum atomic E-state index is -3.74. The second-order valence-electron chi connectivity index (χ2n) is 7.56. The number of amides is 2. The molecule has 0 spiro atoms. The van der Waals surface area contributed by atoms with Gasteiger partial charge in [-0.2, -0.15) is 0 Å². The number of rotatable bonds is 8. The predicted molar refractivity (Wildman–Crippen MR) is 114 cm³/mol. The molecular weight excluding hydrogens is 421 g/mol. The summed E-state index contributed by atoms with van der Waals surface area (Å²) in [7, 11) is -3.74. The molecule has 1 aliphatic heterocycles. The molecule has 0 bridgehead atoms. The van der Waals surface area contributed by atoms with Crippen molar-refractivity contribution in [1.29, 1.82) is 0 Å². The van der Waals surface area contributed by atoms with Crippen LogP contribution in [0.25, 0.3) is 0 Å². The average molecular weight is 448 g/mol. The first-order valence-corrected chi connectivity index (χ1v) is 11.7. The molecule has 0 aromatic heterocycles. The summed E-state index contributed by atoms with van der Waals surface area (Å²) in [5, 5.41) is 0. The normalized spacial score (nSPS) is 17.5. The number of hydrogen-bond donors (Lipinski definition) is 1. The highest BCUT2D eigenvalue weighted by Gasteiger charge is 2.34. The predicted octanol–water partition coefficient (Wildman–Crippen LogP) is 1.23. The van der Waals surface area contributed by atoms with Gasteiger partial charge in [-0.1, -0.05) is 30.3 Å². The minimum Gasteiger partial charge on any atom is -0.368 e. The lowest BCUT2D eigenvalue weighted by molar-refractivity contribution is -0.142. The lowest BCUT2D eigenvalue weighted by Crippen LogP contribution is -2.60. The van der Waals surface area contributed by atoms with E-state index in [1.165, 1.54) is 22.6 Å².